The largest absolute Gasteiger partial charge is 0.464 e. The van der Waals surface area contributed by atoms with Crippen LogP contribution < -0.4 is 5.32 Å². The summed E-state index contributed by atoms with van der Waals surface area (Å²) in [6.45, 7) is 8.53. The van der Waals surface area contributed by atoms with Crippen molar-refractivity contribution in [3.63, 3.8) is 0 Å². The van der Waals surface area contributed by atoms with Gasteiger partial charge in [-0.05, 0) is 58.8 Å². The third-order valence-corrected chi connectivity index (χ3v) is 3.72. The first-order valence-corrected chi connectivity index (χ1v) is 7.14. The van der Waals surface area contributed by atoms with Crippen LogP contribution in [-0.2, 0) is 11.3 Å². The molecule has 19 heavy (non-hydrogen) atoms. The Bertz CT molecular complexity index is 420. The summed E-state index contributed by atoms with van der Waals surface area (Å²) < 4.78 is 5.60. The molecule has 0 saturated carbocycles. The molecule has 0 aliphatic carbocycles. The maximum absolute atomic E-state index is 12.6. The van der Waals surface area contributed by atoms with Crippen molar-refractivity contribution in [2.45, 2.75) is 46.2 Å². The Morgan fingerprint density at radius 2 is 2.11 bits per heavy atom. The molecule has 0 unspecified atom stereocenters. The summed E-state index contributed by atoms with van der Waals surface area (Å²) in [5, 5.41) is 3.30. The van der Waals surface area contributed by atoms with Gasteiger partial charge in [-0.1, -0.05) is 0 Å². The molecule has 1 aliphatic rings. The molecule has 4 heteroatoms. The molecule has 0 bridgehead atoms. The van der Waals surface area contributed by atoms with E-state index in [1.54, 1.807) is 0 Å². The fraction of sp³-hybridized carbons (Fsp3) is 0.667. The molecule has 1 aromatic heterocycles. The summed E-state index contributed by atoms with van der Waals surface area (Å²) in [5.74, 6) is 2.20. The normalized spacial score (nSPS) is 16.8. The number of carbonyl (C=O) groups excluding carboxylic acids is 1. The lowest BCUT2D eigenvalue weighted by molar-refractivity contribution is -0.139. The van der Waals surface area contributed by atoms with E-state index in [0.29, 0.717) is 6.54 Å². The maximum atomic E-state index is 12.6. The SMILES string of the molecule is Cc1ccc(CN(C(=O)C2CCNCC2)C(C)C)o1. The molecule has 0 radical (unpaired) electrons. The molecule has 1 aromatic rings. The van der Waals surface area contributed by atoms with Gasteiger partial charge in [-0.2, -0.15) is 0 Å². The van der Waals surface area contributed by atoms with Crippen LogP contribution in [0.25, 0.3) is 0 Å². The third-order valence-electron chi connectivity index (χ3n) is 3.72. The summed E-state index contributed by atoms with van der Waals surface area (Å²) in [6, 6.07) is 4.11. The second kappa shape index (κ2) is 6.24. The maximum Gasteiger partial charge on any atom is 0.226 e. The Balaban J connectivity index is 2.04. The Labute approximate surface area is 115 Å². The first-order valence-electron chi connectivity index (χ1n) is 7.14. The number of nitrogens with one attached hydrogen (secondary N) is 1. The summed E-state index contributed by atoms with van der Waals surface area (Å²) >= 11 is 0. The van der Waals surface area contributed by atoms with Crippen LogP contribution in [0.4, 0.5) is 0 Å². The standard InChI is InChI=1S/C15H24N2O2/c1-11(2)17(10-14-5-4-12(3)19-14)15(18)13-6-8-16-9-7-13/h4-5,11,13,16H,6-10H2,1-3H3. The number of amides is 1. The summed E-state index contributed by atoms with van der Waals surface area (Å²) in [6.07, 6.45) is 1.89. The van der Waals surface area contributed by atoms with Gasteiger partial charge in [0, 0.05) is 12.0 Å². The summed E-state index contributed by atoms with van der Waals surface area (Å²) in [4.78, 5) is 14.5. The number of piperidine rings is 1. The van der Waals surface area contributed by atoms with Crippen molar-refractivity contribution in [2.24, 2.45) is 5.92 Å². The van der Waals surface area contributed by atoms with E-state index in [1.165, 1.54) is 0 Å². The van der Waals surface area contributed by atoms with Gasteiger partial charge in [0.1, 0.15) is 11.5 Å². The zero-order valence-corrected chi connectivity index (χ0v) is 12.1. The monoisotopic (exact) mass is 264 g/mol. The Kier molecular flexibility index (Phi) is 4.64. The summed E-state index contributed by atoms with van der Waals surface area (Å²) in [5.41, 5.74) is 0. The van der Waals surface area contributed by atoms with Crippen LogP contribution in [0.15, 0.2) is 16.5 Å². The third kappa shape index (κ3) is 3.60. The average molecular weight is 264 g/mol. The number of carbonyl (C=O) groups is 1. The van der Waals surface area contributed by atoms with Crippen molar-refractivity contribution in [3.8, 4) is 0 Å². The zero-order valence-electron chi connectivity index (χ0n) is 12.1. The Hall–Kier alpha value is -1.29. The molecule has 2 rings (SSSR count). The van der Waals surface area contributed by atoms with Crippen LogP contribution in [0.5, 0.6) is 0 Å². The second-order valence-electron chi connectivity index (χ2n) is 5.60. The van der Waals surface area contributed by atoms with Crippen molar-refractivity contribution in [1.82, 2.24) is 10.2 Å². The van der Waals surface area contributed by atoms with Crippen LogP contribution in [0.1, 0.15) is 38.2 Å². The van der Waals surface area contributed by atoms with Crippen LogP contribution in [0, 0.1) is 12.8 Å². The molecule has 0 spiro atoms. The predicted octanol–water partition coefficient (Wildman–Crippen LogP) is 2.32. The van der Waals surface area contributed by atoms with Gasteiger partial charge < -0.3 is 14.6 Å². The van der Waals surface area contributed by atoms with Crippen molar-refractivity contribution < 1.29 is 9.21 Å². The summed E-state index contributed by atoms with van der Waals surface area (Å²) in [7, 11) is 0. The van der Waals surface area contributed by atoms with Gasteiger partial charge in [-0.25, -0.2) is 0 Å². The van der Waals surface area contributed by atoms with E-state index in [1.807, 2.05) is 24.0 Å². The van der Waals surface area contributed by atoms with Gasteiger partial charge in [0.05, 0.1) is 6.54 Å². The topological polar surface area (TPSA) is 45.5 Å². The Morgan fingerprint density at radius 1 is 1.42 bits per heavy atom. The average Bonchev–Trinajstić information content (AvgIpc) is 2.81. The number of aryl methyl sites for hydroxylation is 1. The molecule has 1 aliphatic heterocycles. The van der Waals surface area contributed by atoms with Gasteiger partial charge in [-0.15, -0.1) is 0 Å². The molecular formula is C15H24N2O2. The fourth-order valence-electron chi connectivity index (χ4n) is 2.56. The minimum Gasteiger partial charge on any atom is -0.464 e. The smallest absolute Gasteiger partial charge is 0.226 e. The molecule has 4 nitrogen and oxygen atoms in total. The van der Waals surface area contributed by atoms with Crippen molar-refractivity contribution in [1.29, 1.82) is 0 Å². The highest BCUT2D eigenvalue weighted by atomic mass is 16.3. The van der Waals surface area contributed by atoms with Gasteiger partial charge in [0.25, 0.3) is 0 Å². The highest BCUT2D eigenvalue weighted by Crippen LogP contribution is 2.19. The lowest BCUT2D eigenvalue weighted by atomic mass is 9.96. The second-order valence-corrected chi connectivity index (χ2v) is 5.60. The molecule has 2 heterocycles. The van der Waals surface area contributed by atoms with Gasteiger partial charge in [0.15, 0.2) is 0 Å². The highest BCUT2D eigenvalue weighted by molar-refractivity contribution is 5.79. The van der Waals surface area contributed by atoms with E-state index >= 15 is 0 Å². The minimum atomic E-state index is 0.166. The Morgan fingerprint density at radius 3 is 2.63 bits per heavy atom. The van der Waals surface area contributed by atoms with Crippen LogP contribution in [-0.4, -0.2) is 29.9 Å². The molecule has 1 N–H and O–H groups in total. The fourth-order valence-corrected chi connectivity index (χ4v) is 2.56. The molecular weight excluding hydrogens is 240 g/mol. The van der Waals surface area contributed by atoms with Crippen molar-refractivity contribution >= 4 is 5.91 Å². The van der Waals surface area contributed by atoms with Crippen molar-refractivity contribution in [3.05, 3.63) is 23.7 Å². The molecule has 0 atom stereocenters. The molecule has 1 fully saturated rings. The molecule has 1 saturated heterocycles. The lowest BCUT2D eigenvalue weighted by Gasteiger charge is -2.31. The highest BCUT2D eigenvalue weighted by Gasteiger charge is 2.27. The van der Waals surface area contributed by atoms with Gasteiger partial charge in [-0.3, -0.25) is 4.79 Å². The number of nitrogens with zero attached hydrogens (tertiary/aromatic N) is 1. The quantitative estimate of drug-likeness (QED) is 0.907. The van der Waals surface area contributed by atoms with E-state index in [2.05, 4.69) is 19.2 Å². The van der Waals surface area contributed by atoms with Crippen LogP contribution in [0.2, 0.25) is 0 Å². The zero-order chi connectivity index (χ0) is 13.8. The predicted molar refractivity (Wildman–Crippen MR) is 74.7 cm³/mol. The number of hydrogen-bond acceptors (Lipinski definition) is 3. The van der Waals surface area contributed by atoms with E-state index in [9.17, 15) is 4.79 Å². The van der Waals surface area contributed by atoms with Crippen LogP contribution >= 0.6 is 0 Å². The van der Waals surface area contributed by atoms with E-state index in [-0.39, 0.29) is 17.9 Å². The first kappa shape index (κ1) is 14.1. The number of hydrogen-bond donors (Lipinski definition) is 1. The van der Waals surface area contributed by atoms with E-state index < -0.39 is 0 Å². The van der Waals surface area contributed by atoms with Crippen LogP contribution in [0.3, 0.4) is 0 Å². The number of furan rings is 1. The van der Waals surface area contributed by atoms with Gasteiger partial charge >= 0.3 is 0 Å². The molecule has 0 aromatic carbocycles. The molecule has 1 amide bonds. The van der Waals surface area contributed by atoms with E-state index in [4.69, 9.17) is 4.42 Å². The van der Waals surface area contributed by atoms with Gasteiger partial charge in [0.2, 0.25) is 5.91 Å². The van der Waals surface area contributed by atoms with Crippen molar-refractivity contribution in [2.75, 3.05) is 13.1 Å². The lowest BCUT2D eigenvalue weighted by Crippen LogP contribution is -2.43. The van der Waals surface area contributed by atoms with E-state index in [0.717, 1.165) is 37.5 Å². The molecule has 106 valence electrons. The first-order chi connectivity index (χ1) is 9.08. The number of rotatable bonds is 4. The minimum absolute atomic E-state index is 0.166.